The molecule has 0 heterocycles. The Labute approximate surface area is 117 Å². The fourth-order valence-electron chi connectivity index (χ4n) is 1.66. The third-order valence-corrected chi connectivity index (χ3v) is 2.81. The molecule has 110 valence electrons. The fourth-order valence-corrected chi connectivity index (χ4v) is 1.66. The molecule has 20 heavy (non-hydrogen) atoms. The fraction of sp³-hybridized carbons (Fsp3) is 0.429. The lowest BCUT2D eigenvalue weighted by Crippen LogP contribution is -2.50. The zero-order valence-electron chi connectivity index (χ0n) is 11.4. The van der Waals surface area contributed by atoms with Gasteiger partial charge in [0, 0.05) is 0 Å². The van der Waals surface area contributed by atoms with Crippen LogP contribution in [-0.2, 0) is 16.1 Å². The van der Waals surface area contributed by atoms with Gasteiger partial charge in [-0.05, 0) is 11.5 Å². The highest BCUT2D eigenvalue weighted by molar-refractivity contribution is 5.75. The predicted octanol–water partition coefficient (Wildman–Crippen LogP) is 1.38. The van der Waals surface area contributed by atoms with Gasteiger partial charge in [0.15, 0.2) is 6.10 Å². The Bertz CT molecular complexity index is 446. The Hall–Kier alpha value is -2.08. The molecule has 0 spiro atoms. The van der Waals surface area contributed by atoms with Gasteiger partial charge in [-0.15, -0.1) is 0 Å². The van der Waals surface area contributed by atoms with Gasteiger partial charge in [0.1, 0.15) is 6.61 Å². The van der Waals surface area contributed by atoms with Crippen LogP contribution in [0.2, 0.25) is 0 Å². The number of hydrogen-bond acceptors (Lipinski definition) is 4. The minimum absolute atomic E-state index is 0.0840. The van der Waals surface area contributed by atoms with Crippen molar-refractivity contribution in [1.29, 1.82) is 0 Å². The van der Waals surface area contributed by atoms with E-state index in [0.717, 1.165) is 5.56 Å². The number of rotatable bonds is 6. The van der Waals surface area contributed by atoms with E-state index in [1.165, 1.54) is 0 Å². The van der Waals surface area contributed by atoms with Crippen LogP contribution in [0, 0.1) is 5.92 Å². The van der Waals surface area contributed by atoms with Crippen LogP contribution in [0.3, 0.4) is 0 Å². The normalized spacial score (nSPS) is 13.6. The number of benzene rings is 1. The lowest BCUT2D eigenvalue weighted by atomic mass is 9.99. The van der Waals surface area contributed by atoms with Crippen molar-refractivity contribution in [2.24, 2.45) is 5.92 Å². The number of aliphatic hydroxyl groups excluding tert-OH is 1. The first-order valence-electron chi connectivity index (χ1n) is 6.30. The first-order chi connectivity index (χ1) is 9.41. The van der Waals surface area contributed by atoms with E-state index >= 15 is 0 Å². The summed E-state index contributed by atoms with van der Waals surface area (Å²) in [6.07, 6.45) is -2.42. The molecule has 0 saturated carbocycles. The van der Waals surface area contributed by atoms with Crippen molar-refractivity contribution in [1.82, 2.24) is 5.32 Å². The lowest BCUT2D eigenvalue weighted by Gasteiger charge is -2.24. The van der Waals surface area contributed by atoms with Crippen molar-refractivity contribution in [3.8, 4) is 0 Å². The number of hydrogen-bond donors (Lipinski definition) is 3. The number of carboxylic acids is 1. The first-order valence-corrected chi connectivity index (χ1v) is 6.30. The molecule has 2 atom stereocenters. The van der Waals surface area contributed by atoms with Crippen LogP contribution in [0.5, 0.6) is 0 Å². The van der Waals surface area contributed by atoms with Gasteiger partial charge >= 0.3 is 12.1 Å². The van der Waals surface area contributed by atoms with Crippen molar-refractivity contribution in [2.75, 3.05) is 0 Å². The van der Waals surface area contributed by atoms with Crippen molar-refractivity contribution < 1.29 is 24.5 Å². The average Bonchev–Trinajstić information content (AvgIpc) is 2.42. The second-order valence-electron chi connectivity index (χ2n) is 4.76. The summed E-state index contributed by atoms with van der Waals surface area (Å²) in [5.41, 5.74) is 0.822. The lowest BCUT2D eigenvalue weighted by molar-refractivity contribution is -0.148. The van der Waals surface area contributed by atoms with Gasteiger partial charge in [-0.25, -0.2) is 9.59 Å². The largest absolute Gasteiger partial charge is 0.479 e. The Morgan fingerprint density at radius 3 is 2.35 bits per heavy atom. The molecule has 1 aromatic rings. The van der Waals surface area contributed by atoms with E-state index in [0.29, 0.717) is 0 Å². The number of alkyl carbamates (subject to hydrolysis) is 1. The smallest absolute Gasteiger partial charge is 0.407 e. The highest BCUT2D eigenvalue weighted by Gasteiger charge is 2.30. The number of aliphatic carboxylic acids is 1. The van der Waals surface area contributed by atoms with Crippen LogP contribution in [0.1, 0.15) is 19.4 Å². The molecule has 0 unspecified atom stereocenters. The summed E-state index contributed by atoms with van der Waals surface area (Å²) in [5, 5.41) is 20.7. The first kappa shape index (κ1) is 16.0. The molecule has 0 aliphatic rings. The zero-order chi connectivity index (χ0) is 15.1. The van der Waals surface area contributed by atoms with E-state index in [1.807, 2.05) is 18.2 Å². The highest BCUT2D eigenvalue weighted by Crippen LogP contribution is 2.08. The second-order valence-corrected chi connectivity index (χ2v) is 4.76. The van der Waals surface area contributed by atoms with Crippen LogP contribution in [-0.4, -0.2) is 34.4 Å². The van der Waals surface area contributed by atoms with Gasteiger partial charge in [-0.1, -0.05) is 44.2 Å². The average molecular weight is 281 g/mol. The molecule has 0 radical (unpaired) electrons. The van der Waals surface area contributed by atoms with Gasteiger partial charge in [0.2, 0.25) is 0 Å². The number of amides is 1. The summed E-state index contributed by atoms with van der Waals surface area (Å²) in [5.74, 6) is -1.63. The van der Waals surface area contributed by atoms with Crippen LogP contribution in [0.15, 0.2) is 30.3 Å². The van der Waals surface area contributed by atoms with Crippen LogP contribution >= 0.6 is 0 Å². The number of carbonyl (C=O) groups excluding carboxylic acids is 1. The molecular formula is C14H19NO5. The number of aliphatic hydroxyl groups is 1. The maximum absolute atomic E-state index is 11.6. The highest BCUT2D eigenvalue weighted by atomic mass is 16.5. The van der Waals surface area contributed by atoms with E-state index in [9.17, 15) is 14.7 Å². The van der Waals surface area contributed by atoms with Gasteiger partial charge in [0.25, 0.3) is 0 Å². The molecule has 0 aliphatic heterocycles. The predicted molar refractivity (Wildman–Crippen MR) is 72.0 cm³/mol. The molecule has 6 nitrogen and oxygen atoms in total. The summed E-state index contributed by atoms with van der Waals surface area (Å²) < 4.78 is 4.98. The summed E-state index contributed by atoms with van der Waals surface area (Å²) >= 11 is 0. The molecule has 1 rings (SSSR count). The minimum atomic E-state index is -1.67. The van der Waals surface area contributed by atoms with E-state index in [2.05, 4.69) is 5.32 Å². The summed E-state index contributed by atoms with van der Waals surface area (Å²) in [7, 11) is 0. The van der Waals surface area contributed by atoms with E-state index in [1.54, 1.807) is 26.0 Å². The second kappa shape index (κ2) is 7.49. The Kier molecular flexibility index (Phi) is 5.99. The van der Waals surface area contributed by atoms with Crippen LogP contribution in [0.4, 0.5) is 4.79 Å². The molecule has 0 bridgehead atoms. The monoisotopic (exact) mass is 281 g/mol. The molecule has 0 aliphatic carbocycles. The van der Waals surface area contributed by atoms with Gasteiger partial charge < -0.3 is 20.3 Å². The Morgan fingerprint density at radius 1 is 1.25 bits per heavy atom. The number of ether oxygens (including phenoxy) is 1. The molecule has 0 saturated heterocycles. The molecule has 0 aromatic heterocycles. The third kappa shape index (κ3) is 4.89. The van der Waals surface area contributed by atoms with Crippen molar-refractivity contribution in [2.45, 2.75) is 32.6 Å². The van der Waals surface area contributed by atoms with Gasteiger partial charge in [-0.3, -0.25) is 0 Å². The zero-order valence-corrected chi connectivity index (χ0v) is 11.4. The SMILES string of the molecule is CC(C)[C@H](NC(=O)OCc1ccccc1)[C@H](O)C(=O)O. The molecule has 0 fully saturated rings. The standard InChI is InChI=1S/C14H19NO5/c1-9(2)11(12(16)13(17)18)15-14(19)20-8-10-6-4-3-5-7-10/h3-7,9,11-12,16H,8H2,1-2H3,(H,15,19)(H,17,18)/t11-,12-/m0/s1. The van der Waals surface area contributed by atoms with E-state index in [-0.39, 0.29) is 12.5 Å². The van der Waals surface area contributed by atoms with Gasteiger partial charge in [-0.2, -0.15) is 0 Å². The van der Waals surface area contributed by atoms with Crippen LogP contribution in [0.25, 0.3) is 0 Å². The summed E-state index contributed by atoms with van der Waals surface area (Å²) in [6, 6.07) is 8.19. The molecule has 6 heteroatoms. The molecule has 1 amide bonds. The molecular weight excluding hydrogens is 262 g/mol. The minimum Gasteiger partial charge on any atom is -0.479 e. The number of nitrogens with one attached hydrogen (secondary N) is 1. The number of carbonyl (C=O) groups is 2. The third-order valence-electron chi connectivity index (χ3n) is 2.81. The maximum Gasteiger partial charge on any atom is 0.407 e. The van der Waals surface area contributed by atoms with Crippen molar-refractivity contribution in [3.05, 3.63) is 35.9 Å². The number of carboxylic acid groups (broad SMARTS) is 1. The Balaban J connectivity index is 2.52. The summed E-state index contributed by atoms with van der Waals surface area (Å²) in [6.45, 7) is 3.49. The van der Waals surface area contributed by atoms with Crippen molar-refractivity contribution in [3.63, 3.8) is 0 Å². The Morgan fingerprint density at radius 2 is 1.85 bits per heavy atom. The molecule has 3 N–H and O–H groups in total. The molecule has 1 aromatic carbocycles. The van der Waals surface area contributed by atoms with Crippen molar-refractivity contribution >= 4 is 12.1 Å². The van der Waals surface area contributed by atoms with Gasteiger partial charge in [0.05, 0.1) is 6.04 Å². The topological polar surface area (TPSA) is 95.9 Å². The van der Waals surface area contributed by atoms with E-state index < -0.39 is 24.2 Å². The van der Waals surface area contributed by atoms with Crippen LogP contribution < -0.4 is 5.32 Å². The summed E-state index contributed by atoms with van der Waals surface area (Å²) in [4.78, 5) is 22.4. The quantitative estimate of drug-likeness (QED) is 0.732. The van der Waals surface area contributed by atoms with E-state index in [4.69, 9.17) is 9.84 Å². The maximum atomic E-state index is 11.6.